The van der Waals surface area contributed by atoms with Gasteiger partial charge >= 0.3 is 0 Å². The number of carbonyl (C=O) groups is 2. The first kappa shape index (κ1) is 25.2. The van der Waals surface area contributed by atoms with Crippen LogP contribution in [0.3, 0.4) is 0 Å². The van der Waals surface area contributed by atoms with Gasteiger partial charge in [-0.2, -0.15) is 0 Å². The van der Waals surface area contributed by atoms with Crippen LogP contribution in [-0.4, -0.2) is 11.6 Å². The fourth-order valence-electron chi connectivity index (χ4n) is 7.44. The Morgan fingerprint density at radius 1 is 0.370 bits per heavy atom. The Morgan fingerprint density at radius 2 is 0.978 bits per heavy atom. The van der Waals surface area contributed by atoms with Gasteiger partial charge in [-0.15, -0.1) is 0 Å². The summed E-state index contributed by atoms with van der Waals surface area (Å²) in [6.07, 6.45) is 5.70. The van der Waals surface area contributed by atoms with E-state index in [9.17, 15) is 9.59 Å². The number of benzene rings is 8. The van der Waals surface area contributed by atoms with Crippen LogP contribution in [0.4, 0.5) is 0 Å². The van der Waals surface area contributed by atoms with E-state index in [2.05, 4.69) is 91.0 Å². The Kier molecular flexibility index (Phi) is 5.05. The molecule has 46 heavy (non-hydrogen) atoms. The lowest BCUT2D eigenvalue weighted by Gasteiger charge is -2.16. The minimum atomic E-state index is -0.0503. The Hall–Kier alpha value is -6.12. The molecule has 0 heterocycles. The molecule has 0 bridgehead atoms. The van der Waals surface area contributed by atoms with Crippen molar-refractivity contribution in [2.24, 2.45) is 0 Å². The van der Waals surface area contributed by atoms with Gasteiger partial charge in [0.15, 0.2) is 11.6 Å². The molecule has 212 valence electrons. The molecule has 0 amide bonds. The number of hydrogen-bond acceptors (Lipinski definition) is 2. The van der Waals surface area contributed by atoms with Crippen molar-refractivity contribution in [3.63, 3.8) is 0 Å². The van der Waals surface area contributed by atoms with Gasteiger partial charge in [-0.05, 0) is 154 Å². The number of ketones is 2. The summed E-state index contributed by atoms with van der Waals surface area (Å²) in [6.45, 7) is 0. The monoisotopic (exact) mass is 584 g/mol. The second-order valence-electron chi connectivity index (χ2n) is 12.5. The average Bonchev–Trinajstić information content (AvgIpc) is 3.08. The van der Waals surface area contributed by atoms with E-state index in [1.165, 1.54) is 43.1 Å². The summed E-state index contributed by atoms with van der Waals surface area (Å²) in [5.74, 6) is -0.0478. The van der Waals surface area contributed by atoms with Gasteiger partial charge in [-0.1, -0.05) is 72.8 Å². The minimum Gasteiger partial charge on any atom is -0.289 e. The summed E-state index contributed by atoms with van der Waals surface area (Å²) in [6, 6.07) is 44.5. The average molecular weight is 585 g/mol. The van der Waals surface area contributed by atoms with Gasteiger partial charge in [0.25, 0.3) is 0 Å². The molecule has 0 saturated heterocycles. The van der Waals surface area contributed by atoms with Crippen LogP contribution < -0.4 is 10.4 Å². The van der Waals surface area contributed by atoms with E-state index in [1.807, 2.05) is 48.5 Å². The Bertz CT molecular complexity index is 2890. The van der Waals surface area contributed by atoms with E-state index >= 15 is 0 Å². The predicted molar refractivity (Wildman–Crippen MR) is 190 cm³/mol. The van der Waals surface area contributed by atoms with E-state index in [4.69, 9.17) is 0 Å². The standard InChI is InChI=1S/C44H24O2/c45-43-24-36-23-42-37(17-28-7-3-4-8-38(28)44(42)46)19-35(36)22-41(43)31-10-9-27-14-34-21-40-30(15-33(34)18-32(27)16-31)12-11-29-13-25-5-1-2-6-26(25)20-39(29)40/h1-24H. The highest BCUT2D eigenvalue weighted by atomic mass is 16.1. The zero-order valence-corrected chi connectivity index (χ0v) is 24.7. The summed E-state index contributed by atoms with van der Waals surface area (Å²) < 4.78 is 0. The third kappa shape index (κ3) is 3.71. The molecule has 0 aromatic heterocycles. The molecule has 0 spiro atoms. The van der Waals surface area contributed by atoms with E-state index < -0.39 is 0 Å². The number of carbonyl (C=O) groups excluding carboxylic acids is 2. The molecule has 0 radical (unpaired) electrons. The first-order valence-corrected chi connectivity index (χ1v) is 15.6. The highest BCUT2D eigenvalue weighted by molar-refractivity contribution is 6.39. The molecule has 10 rings (SSSR count). The van der Waals surface area contributed by atoms with E-state index in [1.54, 1.807) is 6.08 Å². The molecule has 8 aromatic carbocycles. The van der Waals surface area contributed by atoms with Crippen molar-refractivity contribution in [2.45, 2.75) is 0 Å². The molecule has 0 N–H and O–H groups in total. The van der Waals surface area contributed by atoms with E-state index in [-0.39, 0.29) is 11.6 Å². The summed E-state index contributed by atoms with van der Waals surface area (Å²) >= 11 is 0. The minimum absolute atomic E-state index is 0.00254. The number of fused-ring (bicyclic) bond motifs is 9. The molecular formula is C44H24O2. The summed E-state index contributed by atoms with van der Waals surface area (Å²) in [5, 5.41) is 13.7. The second-order valence-corrected chi connectivity index (χ2v) is 12.5. The van der Waals surface area contributed by atoms with Gasteiger partial charge in [0.1, 0.15) is 0 Å². The van der Waals surface area contributed by atoms with Crippen LogP contribution >= 0.6 is 0 Å². The van der Waals surface area contributed by atoms with Crippen molar-refractivity contribution < 1.29 is 9.59 Å². The maximum Gasteiger partial charge on any atom is 0.194 e. The lowest BCUT2D eigenvalue weighted by atomic mass is 9.86. The molecular weight excluding hydrogens is 560 g/mol. The van der Waals surface area contributed by atoms with Crippen LogP contribution in [0.15, 0.2) is 127 Å². The van der Waals surface area contributed by atoms with E-state index in [0.29, 0.717) is 16.7 Å². The molecule has 0 saturated carbocycles. The Labute approximate surface area is 263 Å². The van der Waals surface area contributed by atoms with Crippen molar-refractivity contribution >= 4 is 89.2 Å². The number of hydrogen-bond donors (Lipinski definition) is 0. The van der Waals surface area contributed by atoms with Gasteiger partial charge < -0.3 is 0 Å². The summed E-state index contributed by atoms with van der Waals surface area (Å²) in [4.78, 5) is 26.7. The van der Waals surface area contributed by atoms with Crippen molar-refractivity contribution in [3.8, 4) is 0 Å². The zero-order valence-electron chi connectivity index (χ0n) is 24.7. The van der Waals surface area contributed by atoms with Gasteiger partial charge in [-0.25, -0.2) is 0 Å². The molecule has 0 unspecified atom stereocenters. The highest BCUT2D eigenvalue weighted by Gasteiger charge is 2.21. The highest BCUT2D eigenvalue weighted by Crippen LogP contribution is 2.35. The Balaban J connectivity index is 1.10. The topological polar surface area (TPSA) is 34.1 Å². The van der Waals surface area contributed by atoms with Gasteiger partial charge in [0.2, 0.25) is 0 Å². The van der Waals surface area contributed by atoms with Crippen molar-refractivity contribution in [3.05, 3.63) is 166 Å². The quantitative estimate of drug-likeness (QED) is 0.143. The lowest BCUT2D eigenvalue weighted by molar-refractivity contribution is -0.108. The fraction of sp³-hybridized carbons (Fsp3) is 0. The first-order valence-electron chi connectivity index (χ1n) is 15.6. The van der Waals surface area contributed by atoms with Crippen molar-refractivity contribution in [1.82, 2.24) is 0 Å². The number of Topliss-reactive ketones (excluding diaryl/α,β-unsaturated/α-hetero) is 1. The first-order chi connectivity index (χ1) is 22.6. The van der Waals surface area contributed by atoms with Crippen molar-refractivity contribution in [2.75, 3.05) is 0 Å². The van der Waals surface area contributed by atoms with E-state index in [0.717, 1.165) is 37.9 Å². The van der Waals surface area contributed by atoms with Crippen molar-refractivity contribution in [1.29, 1.82) is 0 Å². The molecule has 0 fully saturated rings. The third-order valence-corrected chi connectivity index (χ3v) is 9.79. The smallest absolute Gasteiger partial charge is 0.194 e. The van der Waals surface area contributed by atoms with Crippen LogP contribution in [-0.2, 0) is 4.79 Å². The maximum absolute atomic E-state index is 13.5. The normalized spacial score (nSPS) is 13.8. The predicted octanol–water partition coefficient (Wildman–Crippen LogP) is 8.73. The van der Waals surface area contributed by atoms with Crippen LogP contribution in [0.2, 0.25) is 0 Å². The lowest BCUT2D eigenvalue weighted by Crippen LogP contribution is -2.28. The van der Waals surface area contributed by atoms with Crippen LogP contribution in [0.25, 0.3) is 77.7 Å². The van der Waals surface area contributed by atoms with Crippen LogP contribution in [0.1, 0.15) is 32.6 Å². The molecule has 8 aromatic rings. The molecule has 0 atom stereocenters. The maximum atomic E-state index is 13.5. The molecule has 2 nitrogen and oxygen atoms in total. The SMILES string of the molecule is O=C1C=c2cc3c(cc2C=C1c1ccc2cc4cc5c(ccc6cc7ccccc7cc65)cc4cc2c1)=Cc1ccccc1C3=O. The Morgan fingerprint density at radius 3 is 1.83 bits per heavy atom. The fourth-order valence-corrected chi connectivity index (χ4v) is 7.44. The van der Waals surface area contributed by atoms with Crippen LogP contribution in [0, 0.1) is 0 Å². The second kappa shape index (κ2) is 9.20. The molecule has 0 aliphatic heterocycles. The van der Waals surface area contributed by atoms with Crippen LogP contribution in [0.5, 0.6) is 0 Å². The summed E-state index contributed by atoms with van der Waals surface area (Å²) in [5.41, 5.74) is 4.77. The largest absolute Gasteiger partial charge is 0.289 e. The molecule has 2 aliphatic rings. The molecule has 2 aliphatic carbocycles. The van der Waals surface area contributed by atoms with Gasteiger partial charge in [0, 0.05) is 16.7 Å². The molecule has 2 heteroatoms. The number of rotatable bonds is 1. The zero-order chi connectivity index (χ0) is 30.5. The number of allylic oxidation sites excluding steroid dienone is 1. The third-order valence-electron chi connectivity index (χ3n) is 9.79. The van der Waals surface area contributed by atoms with Gasteiger partial charge in [0.05, 0.1) is 0 Å². The van der Waals surface area contributed by atoms with Gasteiger partial charge in [-0.3, -0.25) is 9.59 Å². The summed E-state index contributed by atoms with van der Waals surface area (Å²) in [7, 11) is 0.